The van der Waals surface area contributed by atoms with Gasteiger partial charge in [0.15, 0.2) is 5.96 Å². The van der Waals surface area contributed by atoms with Gasteiger partial charge < -0.3 is 20.1 Å². The van der Waals surface area contributed by atoms with E-state index in [0.29, 0.717) is 6.10 Å². The Morgan fingerprint density at radius 1 is 1.39 bits per heavy atom. The molecule has 1 fully saturated rings. The third-order valence-corrected chi connectivity index (χ3v) is 3.92. The van der Waals surface area contributed by atoms with Gasteiger partial charge in [-0.15, -0.1) is 24.0 Å². The van der Waals surface area contributed by atoms with Gasteiger partial charge in [0.1, 0.15) is 5.75 Å². The molecular weight excluding hydrogens is 405 g/mol. The van der Waals surface area contributed by atoms with Crippen molar-refractivity contribution in [2.24, 2.45) is 4.99 Å². The molecule has 1 aliphatic rings. The fourth-order valence-electron chi connectivity index (χ4n) is 2.58. The lowest BCUT2D eigenvalue weighted by atomic mass is 10.1. The first-order valence-corrected chi connectivity index (χ1v) is 7.92. The number of hydrogen-bond donors (Lipinski definition) is 2. The molecule has 0 saturated carbocycles. The molecule has 0 amide bonds. The second kappa shape index (κ2) is 10.7. The van der Waals surface area contributed by atoms with Crippen molar-refractivity contribution in [1.29, 1.82) is 0 Å². The molecular formula is C17H28IN3O2. The van der Waals surface area contributed by atoms with E-state index in [1.807, 2.05) is 0 Å². The van der Waals surface area contributed by atoms with Crippen molar-refractivity contribution in [3.8, 4) is 5.75 Å². The number of benzene rings is 1. The molecule has 1 aromatic carbocycles. The number of nitrogens with zero attached hydrogens (tertiary/aromatic N) is 1. The fraction of sp³-hybridized carbons (Fsp3) is 0.588. The van der Waals surface area contributed by atoms with Crippen LogP contribution in [-0.4, -0.2) is 45.9 Å². The maximum absolute atomic E-state index is 5.60. The van der Waals surface area contributed by atoms with Crippen molar-refractivity contribution in [3.63, 3.8) is 0 Å². The molecule has 2 N–H and O–H groups in total. The van der Waals surface area contributed by atoms with E-state index in [0.717, 1.165) is 56.2 Å². The number of ether oxygens (including phenoxy) is 2. The Hall–Kier alpha value is -1.02. The molecule has 0 aromatic heterocycles. The lowest BCUT2D eigenvalue weighted by Crippen LogP contribution is -2.41. The van der Waals surface area contributed by atoms with Gasteiger partial charge in [-0.3, -0.25) is 4.99 Å². The van der Waals surface area contributed by atoms with Crippen molar-refractivity contribution in [1.82, 2.24) is 10.6 Å². The summed E-state index contributed by atoms with van der Waals surface area (Å²) in [4.78, 5) is 4.24. The molecule has 1 atom stereocenters. The van der Waals surface area contributed by atoms with Crippen LogP contribution in [0.5, 0.6) is 5.75 Å². The SMILES string of the molecule is CN=C(NCCc1ccc(C)c(OC)c1)NCC1CCCO1.I. The Bertz CT molecular complexity index is 503. The van der Waals surface area contributed by atoms with E-state index in [1.54, 1.807) is 14.2 Å². The van der Waals surface area contributed by atoms with Crippen LogP contribution in [0.25, 0.3) is 0 Å². The predicted molar refractivity (Wildman–Crippen MR) is 105 cm³/mol. The molecule has 130 valence electrons. The molecule has 1 aromatic rings. The minimum atomic E-state index is 0. The molecule has 1 unspecified atom stereocenters. The zero-order valence-electron chi connectivity index (χ0n) is 14.2. The van der Waals surface area contributed by atoms with E-state index >= 15 is 0 Å². The summed E-state index contributed by atoms with van der Waals surface area (Å²) in [6.07, 6.45) is 3.54. The number of hydrogen-bond acceptors (Lipinski definition) is 3. The molecule has 2 rings (SSSR count). The summed E-state index contributed by atoms with van der Waals surface area (Å²) in [5.74, 6) is 1.77. The van der Waals surface area contributed by atoms with Crippen LogP contribution in [0.1, 0.15) is 24.0 Å². The zero-order valence-corrected chi connectivity index (χ0v) is 16.6. The van der Waals surface area contributed by atoms with Gasteiger partial charge in [-0.05, 0) is 43.4 Å². The third kappa shape index (κ3) is 6.55. The highest BCUT2D eigenvalue weighted by atomic mass is 127. The average molecular weight is 433 g/mol. The van der Waals surface area contributed by atoms with Crippen LogP contribution in [0.4, 0.5) is 0 Å². The second-order valence-electron chi connectivity index (χ2n) is 5.57. The first-order chi connectivity index (χ1) is 10.7. The van der Waals surface area contributed by atoms with Crippen LogP contribution in [0.15, 0.2) is 23.2 Å². The minimum Gasteiger partial charge on any atom is -0.496 e. The normalized spacial score (nSPS) is 17.5. The Morgan fingerprint density at radius 3 is 2.87 bits per heavy atom. The van der Waals surface area contributed by atoms with Crippen LogP contribution >= 0.6 is 24.0 Å². The van der Waals surface area contributed by atoms with Crippen molar-refractivity contribution in [3.05, 3.63) is 29.3 Å². The Labute approximate surface area is 156 Å². The molecule has 1 heterocycles. The minimum absolute atomic E-state index is 0. The Kier molecular flexibility index (Phi) is 9.31. The third-order valence-electron chi connectivity index (χ3n) is 3.92. The molecule has 0 radical (unpaired) electrons. The number of halogens is 1. The van der Waals surface area contributed by atoms with E-state index in [2.05, 4.69) is 40.7 Å². The number of nitrogens with one attached hydrogen (secondary N) is 2. The molecule has 0 bridgehead atoms. The summed E-state index contributed by atoms with van der Waals surface area (Å²) in [5, 5.41) is 6.65. The van der Waals surface area contributed by atoms with Gasteiger partial charge in [-0.2, -0.15) is 0 Å². The van der Waals surface area contributed by atoms with Gasteiger partial charge in [0.05, 0.1) is 13.2 Å². The maximum atomic E-state index is 5.60. The number of guanidine groups is 1. The lowest BCUT2D eigenvalue weighted by Gasteiger charge is -2.15. The summed E-state index contributed by atoms with van der Waals surface area (Å²) in [7, 11) is 3.50. The number of aryl methyl sites for hydroxylation is 1. The van der Waals surface area contributed by atoms with Crippen molar-refractivity contribution < 1.29 is 9.47 Å². The summed E-state index contributed by atoms with van der Waals surface area (Å²) in [6, 6.07) is 6.33. The van der Waals surface area contributed by atoms with Crippen molar-refractivity contribution >= 4 is 29.9 Å². The Morgan fingerprint density at radius 2 is 2.22 bits per heavy atom. The summed E-state index contributed by atoms with van der Waals surface area (Å²) in [5.41, 5.74) is 2.41. The quantitative estimate of drug-likeness (QED) is 0.411. The molecule has 1 aliphatic heterocycles. The molecule has 5 nitrogen and oxygen atoms in total. The van der Waals surface area contributed by atoms with Gasteiger partial charge in [-0.1, -0.05) is 12.1 Å². The molecule has 23 heavy (non-hydrogen) atoms. The summed E-state index contributed by atoms with van der Waals surface area (Å²) in [6.45, 7) is 4.58. The average Bonchev–Trinajstić information content (AvgIpc) is 3.05. The summed E-state index contributed by atoms with van der Waals surface area (Å²) < 4.78 is 11.0. The van der Waals surface area contributed by atoms with E-state index in [9.17, 15) is 0 Å². The van der Waals surface area contributed by atoms with Gasteiger partial charge in [-0.25, -0.2) is 0 Å². The highest BCUT2D eigenvalue weighted by Gasteiger charge is 2.15. The number of rotatable bonds is 6. The first-order valence-electron chi connectivity index (χ1n) is 7.92. The van der Waals surface area contributed by atoms with E-state index in [4.69, 9.17) is 9.47 Å². The van der Waals surface area contributed by atoms with Crippen LogP contribution in [0, 0.1) is 6.92 Å². The van der Waals surface area contributed by atoms with Crippen LogP contribution in [0.3, 0.4) is 0 Å². The van der Waals surface area contributed by atoms with Crippen molar-refractivity contribution in [2.45, 2.75) is 32.3 Å². The highest BCUT2D eigenvalue weighted by Crippen LogP contribution is 2.19. The molecule has 1 saturated heterocycles. The van der Waals surface area contributed by atoms with Crippen LogP contribution in [-0.2, 0) is 11.2 Å². The highest BCUT2D eigenvalue weighted by molar-refractivity contribution is 14.0. The van der Waals surface area contributed by atoms with Gasteiger partial charge in [0.25, 0.3) is 0 Å². The molecule has 6 heteroatoms. The zero-order chi connectivity index (χ0) is 15.8. The van der Waals surface area contributed by atoms with E-state index in [1.165, 1.54) is 5.56 Å². The molecule has 0 aliphatic carbocycles. The monoisotopic (exact) mass is 433 g/mol. The standard InChI is InChI=1S/C17H27N3O2.HI/c1-13-6-7-14(11-16(13)21-3)8-9-19-17(18-2)20-12-15-5-4-10-22-15;/h6-7,11,15H,4-5,8-10,12H2,1-3H3,(H2,18,19,20);1H. The van der Waals surface area contributed by atoms with E-state index < -0.39 is 0 Å². The molecule has 0 spiro atoms. The number of aliphatic imine (C=N–C) groups is 1. The van der Waals surface area contributed by atoms with Gasteiger partial charge >= 0.3 is 0 Å². The largest absolute Gasteiger partial charge is 0.496 e. The summed E-state index contributed by atoms with van der Waals surface area (Å²) >= 11 is 0. The van der Waals surface area contributed by atoms with E-state index in [-0.39, 0.29) is 24.0 Å². The first kappa shape index (κ1) is 20.0. The smallest absolute Gasteiger partial charge is 0.191 e. The second-order valence-corrected chi connectivity index (χ2v) is 5.57. The van der Waals surface area contributed by atoms with Crippen LogP contribution < -0.4 is 15.4 Å². The maximum Gasteiger partial charge on any atom is 0.191 e. The topological polar surface area (TPSA) is 54.9 Å². The lowest BCUT2D eigenvalue weighted by molar-refractivity contribution is 0.114. The predicted octanol–water partition coefficient (Wildman–Crippen LogP) is 2.51. The van der Waals surface area contributed by atoms with Crippen molar-refractivity contribution in [2.75, 3.05) is 33.9 Å². The Balaban J connectivity index is 0.00000264. The fourth-order valence-corrected chi connectivity index (χ4v) is 2.58. The van der Waals surface area contributed by atoms with Gasteiger partial charge in [0.2, 0.25) is 0 Å². The van der Waals surface area contributed by atoms with Crippen LogP contribution in [0.2, 0.25) is 0 Å². The van der Waals surface area contributed by atoms with Gasteiger partial charge in [0, 0.05) is 26.7 Å². The number of methoxy groups -OCH3 is 1.